The van der Waals surface area contributed by atoms with Gasteiger partial charge in [0.1, 0.15) is 0 Å². The maximum Gasteiger partial charge on any atom is 0.226 e. The van der Waals surface area contributed by atoms with Crippen molar-refractivity contribution in [1.29, 1.82) is 0 Å². The van der Waals surface area contributed by atoms with Gasteiger partial charge in [-0.2, -0.15) is 0 Å². The van der Waals surface area contributed by atoms with Crippen LogP contribution < -0.4 is 5.32 Å². The first-order valence-electron chi connectivity index (χ1n) is 8.19. The number of hydrogen-bond acceptors (Lipinski definition) is 2. The summed E-state index contributed by atoms with van der Waals surface area (Å²) in [6.45, 7) is 7.10. The fourth-order valence-corrected chi connectivity index (χ4v) is 3.14. The molecule has 0 aromatic carbocycles. The lowest BCUT2D eigenvalue weighted by atomic mass is 9.99. The van der Waals surface area contributed by atoms with Crippen LogP contribution in [-0.4, -0.2) is 35.3 Å². The van der Waals surface area contributed by atoms with Crippen molar-refractivity contribution in [2.75, 3.05) is 6.54 Å². The fraction of sp³-hybridized carbons (Fsp3) is 0.875. The summed E-state index contributed by atoms with van der Waals surface area (Å²) in [7, 11) is 0. The Balaban J connectivity index is 1.87. The van der Waals surface area contributed by atoms with Crippen LogP contribution in [0.2, 0.25) is 0 Å². The molecule has 0 bridgehead atoms. The molecule has 0 aromatic heterocycles. The van der Waals surface area contributed by atoms with Gasteiger partial charge in [-0.05, 0) is 45.4 Å². The quantitative estimate of drug-likeness (QED) is 0.840. The van der Waals surface area contributed by atoms with Crippen molar-refractivity contribution in [3.63, 3.8) is 0 Å². The highest BCUT2D eigenvalue weighted by Crippen LogP contribution is 2.41. The van der Waals surface area contributed by atoms with E-state index in [1.165, 1.54) is 6.42 Å². The Hall–Kier alpha value is -1.06. The van der Waals surface area contributed by atoms with E-state index in [1.54, 1.807) is 0 Å². The number of nitrogens with one attached hydrogen (secondary N) is 1. The third-order valence-corrected chi connectivity index (χ3v) is 4.83. The number of carbonyl (C=O) groups is 2. The Labute approximate surface area is 122 Å². The van der Waals surface area contributed by atoms with Crippen LogP contribution in [0.25, 0.3) is 0 Å². The third kappa shape index (κ3) is 3.33. The smallest absolute Gasteiger partial charge is 0.226 e. The summed E-state index contributed by atoms with van der Waals surface area (Å²) in [6.07, 6.45) is 6.17. The van der Waals surface area contributed by atoms with E-state index in [2.05, 4.69) is 19.2 Å². The van der Waals surface area contributed by atoms with E-state index in [4.69, 9.17) is 0 Å². The maximum absolute atomic E-state index is 12.5. The van der Waals surface area contributed by atoms with Crippen molar-refractivity contribution in [2.45, 2.75) is 71.4 Å². The zero-order valence-corrected chi connectivity index (χ0v) is 13.0. The summed E-state index contributed by atoms with van der Waals surface area (Å²) in [4.78, 5) is 26.6. The van der Waals surface area contributed by atoms with Crippen LogP contribution in [0, 0.1) is 11.8 Å². The number of hydrogen-bond donors (Lipinski definition) is 1. The molecule has 2 fully saturated rings. The molecule has 1 heterocycles. The van der Waals surface area contributed by atoms with Crippen LogP contribution >= 0.6 is 0 Å². The largest absolute Gasteiger partial charge is 0.353 e. The Morgan fingerprint density at radius 1 is 1.25 bits per heavy atom. The first-order valence-corrected chi connectivity index (χ1v) is 8.19. The Bertz CT molecular complexity index is 369. The molecule has 1 N–H and O–H groups in total. The number of piperidine rings is 1. The lowest BCUT2D eigenvalue weighted by molar-refractivity contribution is -0.138. The van der Waals surface area contributed by atoms with Gasteiger partial charge in [0.05, 0.1) is 11.8 Å². The fourth-order valence-electron chi connectivity index (χ4n) is 3.14. The van der Waals surface area contributed by atoms with Gasteiger partial charge < -0.3 is 10.2 Å². The van der Waals surface area contributed by atoms with E-state index in [1.807, 2.05) is 11.8 Å². The van der Waals surface area contributed by atoms with E-state index >= 15 is 0 Å². The van der Waals surface area contributed by atoms with Crippen LogP contribution in [-0.2, 0) is 9.59 Å². The minimum Gasteiger partial charge on any atom is -0.353 e. The van der Waals surface area contributed by atoms with Crippen LogP contribution in [0.1, 0.15) is 59.3 Å². The highest BCUT2D eigenvalue weighted by molar-refractivity contribution is 5.92. The van der Waals surface area contributed by atoms with Gasteiger partial charge in [-0.15, -0.1) is 0 Å². The second-order valence-electron chi connectivity index (χ2n) is 6.36. The zero-order valence-electron chi connectivity index (χ0n) is 13.0. The first kappa shape index (κ1) is 15.3. The normalized spacial score (nSPS) is 30.8. The number of carbonyl (C=O) groups excluding carboxylic acids is 2. The monoisotopic (exact) mass is 280 g/mol. The summed E-state index contributed by atoms with van der Waals surface area (Å²) in [6, 6.07) is 0.604. The molecule has 2 amide bonds. The Morgan fingerprint density at radius 2 is 2.00 bits per heavy atom. The van der Waals surface area contributed by atoms with Crippen LogP contribution in [0.15, 0.2) is 0 Å². The van der Waals surface area contributed by atoms with E-state index in [0.29, 0.717) is 6.04 Å². The number of amides is 2. The molecule has 1 saturated heterocycles. The standard InChI is InChI=1S/C16H28N2O2/c1-4-11(3)17-15(19)13-10-14(13)16(20)18-9-7-6-8-12(18)5-2/h11-14H,4-10H2,1-3H3,(H,17,19). The average molecular weight is 280 g/mol. The van der Waals surface area contributed by atoms with Crippen molar-refractivity contribution in [3.8, 4) is 0 Å². The van der Waals surface area contributed by atoms with E-state index < -0.39 is 0 Å². The van der Waals surface area contributed by atoms with Gasteiger partial charge in [-0.3, -0.25) is 9.59 Å². The van der Waals surface area contributed by atoms with E-state index in [-0.39, 0.29) is 29.7 Å². The maximum atomic E-state index is 12.5. The first-order chi connectivity index (χ1) is 9.58. The van der Waals surface area contributed by atoms with Gasteiger partial charge in [0, 0.05) is 18.6 Å². The summed E-state index contributed by atoms with van der Waals surface area (Å²) >= 11 is 0. The van der Waals surface area contributed by atoms with Crippen LogP contribution in [0.4, 0.5) is 0 Å². The summed E-state index contributed by atoms with van der Waals surface area (Å²) in [5, 5.41) is 2.99. The van der Waals surface area contributed by atoms with Crippen molar-refractivity contribution in [3.05, 3.63) is 0 Å². The van der Waals surface area contributed by atoms with Gasteiger partial charge in [0.2, 0.25) is 11.8 Å². The van der Waals surface area contributed by atoms with Crippen LogP contribution in [0.3, 0.4) is 0 Å². The minimum atomic E-state index is -0.0732. The Morgan fingerprint density at radius 3 is 2.65 bits per heavy atom. The molecule has 0 aromatic rings. The molecule has 20 heavy (non-hydrogen) atoms. The highest BCUT2D eigenvalue weighted by Gasteiger charge is 2.50. The molecule has 1 aliphatic heterocycles. The number of likely N-dealkylation sites (tertiary alicyclic amines) is 1. The number of nitrogens with zero attached hydrogens (tertiary/aromatic N) is 1. The average Bonchev–Trinajstić information content (AvgIpc) is 3.26. The predicted octanol–water partition coefficient (Wildman–Crippen LogP) is 2.33. The Kier molecular flexibility index (Phi) is 5.06. The lowest BCUT2D eigenvalue weighted by Gasteiger charge is -2.35. The van der Waals surface area contributed by atoms with Crippen molar-refractivity contribution >= 4 is 11.8 Å². The molecule has 0 radical (unpaired) electrons. The molecule has 4 heteroatoms. The molecule has 114 valence electrons. The third-order valence-electron chi connectivity index (χ3n) is 4.83. The molecule has 0 spiro atoms. The van der Waals surface area contributed by atoms with Crippen molar-refractivity contribution < 1.29 is 9.59 Å². The van der Waals surface area contributed by atoms with Gasteiger partial charge in [0.15, 0.2) is 0 Å². The van der Waals surface area contributed by atoms with Gasteiger partial charge in [-0.1, -0.05) is 13.8 Å². The highest BCUT2D eigenvalue weighted by atomic mass is 16.2. The molecule has 2 rings (SSSR count). The van der Waals surface area contributed by atoms with Gasteiger partial charge >= 0.3 is 0 Å². The molecule has 4 unspecified atom stereocenters. The second-order valence-corrected chi connectivity index (χ2v) is 6.36. The predicted molar refractivity (Wildman–Crippen MR) is 79.1 cm³/mol. The molecular weight excluding hydrogens is 252 g/mol. The minimum absolute atomic E-state index is 0.0498. The summed E-state index contributed by atoms with van der Waals surface area (Å²) in [5.41, 5.74) is 0. The molecule has 1 aliphatic carbocycles. The van der Waals surface area contributed by atoms with Crippen molar-refractivity contribution in [1.82, 2.24) is 10.2 Å². The van der Waals surface area contributed by atoms with E-state index in [9.17, 15) is 9.59 Å². The molecular formula is C16H28N2O2. The van der Waals surface area contributed by atoms with E-state index in [0.717, 1.165) is 38.6 Å². The van der Waals surface area contributed by atoms with Crippen LogP contribution in [0.5, 0.6) is 0 Å². The van der Waals surface area contributed by atoms with Gasteiger partial charge in [0.25, 0.3) is 0 Å². The number of rotatable bonds is 5. The topological polar surface area (TPSA) is 49.4 Å². The molecule has 4 nitrogen and oxygen atoms in total. The lowest BCUT2D eigenvalue weighted by Crippen LogP contribution is -2.45. The SMILES string of the molecule is CCC(C)NC(=O)C1CC1C(=O)N1CCCCC1CC. The summed E-state index contributed by atoms with van der Waals surface area (Å²) in [5.74, 6) is 0.172. The molecule has 4 atom stereocenters. The zero-order chi connectivity index (χ0) is 14.7. The van der Waals surface area contributed by atoms with Crippen molar-refractivity contribution in [2.24, 2.45) is 11.8 Å². The molecule has 1 saturated carbocycles. The molecule has 2 aliphatic rings. The second kappa shape index (κ2) is 6.59. The summed E-state index contributed by atoms with van der Waals surface area (Å²) < 4.78 is 0. The van der Waals surface area contributed by atoms with Gasteiger partial charge in [-0.25, -0.2) is 0 Å².